The summed E-state index contributed by atoms with van der Waals surface area (Å²) in [4.78, 5) is 33.8. The van der Waals surface area contributed by atoms with Gasteiger partial charge in [-0.15, -0.1) is 0 Å². The van der Waals surface area contributed by atoms with Crippen molar-refractivity contribution in [3.63, 3.8) is 0 Å². The number of alkyl carbamates (subject to hydrolysis) is 1. The van der Waals surface area contributed by atoms with Crippen molar-refractivity contribution in [2.75, 3.05) is 79.3 Å². The predicted octanol–water partition coefficient (Wildman–Crippen LogP) is 2.29. The zero-order valence-corrected chi connectivity index (χ0v) is 22.0. The first-order chi connectivity index (χ1) is 17.5. The molecule has 0 aliphatic heterocycles. The van der Waals surface area contributed by atoms with E-state index in [4.69, 9.17) is 33.2 Å². The molecule has 11 heteroatoms. The van der Waals surface area contributed by atoms with Gasteiger partial charge in [-0.2, -0.15) is 0 Å². The molecular weight excluding hydrogens is 474 g/mol. The summed E-state index contributed by atoms with van der Waals surface area (Å²) in [6.45, 7) is 8.17. The summed E-state index contributed by atoms with van der Waals surface area (Å²) < 4.78 is 36.9. The van der Waals surface area contributed by atoms with Gasteiger partial charge in [-0.3, -0.25) is 4.79 Å². The van der Waals surface area contributed by atoms with Crippen LogP contribution in [0.3, 0.4) is 0 Å². The van der Waals surface area contributed by atoms with Crippen molar-refractivity contribution in [2.24, 2.45) is 5.92 Å². The van der Waals surface area contributed by atoms with E-state index in [0.717, 1.165) is 31.6 Å². The summed E-state index contributed by atoms with van der Waals surface area (Å²) >= 11 is 0. The maximum Gasteiger partial charge on any atom is 0.407 e. The van der Waals surface area contributed by atoms with Gasteiger partial charge in [0.05, 0.1) is 72.5 Å². The number of amides is 1. The number of nitrogens with one attached hydrogen (secondary N) is 1. The fraction of sp³-hybridized carbons (Fsp3) is 0.880. The molecule has 0 spiro atoms. The Kier molecular flexibility index (Phi) is 20.1. The lowest BCUT2D eigenvalue weighted by molar-refractivity contribution is -0.146. The molecule has 0 aromatic rings. The molecule has 36 heavy (non-hydrogen) atoms. The van der Waals surface area contributed by atoms with Gasteiger partial charge in [0.2, 0.25) is 0 Å². The summed E-state index contributed by atoms with van der Waals surface area (Å²) in [5, 5.41) is 2.91. The molecule has 1 aliphatic carbocycles. The van der Waals surface area contributed by atoms with Gasteiger partial charge in [0.15, 0.2) is 0 Å². The normalized spacial score (nSPS) is 17.5. The van der Waals surface area contributed by atoms with Gasteiger partial charge < -0.3 is 43.3 Å². The SMILES string of the molecule is CC(=O)CCC(=O)OCCOCCOCCOCCOCCOCCOC(=O)NC1CCC(C)CC1. The van der Waals surface area contributed by atoms with Gasteiger partial charge in [-0.05, 0) is 38.5 Å². The second-order valence-corrected chi connectivity index (χ2v) is 8.72. The number of carbonyl (C=O) groups excluding carboxylic acids is 3. The van der Waals surface area contributed by atoms with E-state index in [2.05, 4.69) is 12.2 Å². The number of rotatable bonds is 22. The Hall–Kier alpha value is -1.79. The third-order valence-corrected chi connectivity index (χ3v) is 5.46. The summed E-state index contributed by atoms with van der Waals surface area (Å²) in [5.41, 5.74) is 0. The molecule has 1 rings (SSSR count). The Labute approximate surface area is 214 Å². The molecule has 1 aliphatic rings. The molecular formula is C25H45NO10. The molecule has 1 fully saturated rings. The minimum atomic E-state index is -0.395. The van der Waals surface area contributed by atoms with Crippen LogP contribution in [0, 0.1) is 5.92 Å². The Morgan fingerprint density at radius 1 is 0.611 bits per heavy atom. The zero-order chi connectivity index (χ0) is 26.3. The standard InChI is InChI=1S/C25H45NO10/c1-21-3-6-23(7-4-21)26-25(29)36-20-18-34-16-14-32-12-10-30-9-11-31-13-15-33-17-19-35-24(28)8-5-22(2)27/h21,23H,3-20H2,1-2H3,(H,26,29). The third kappa shape index (κ3) is 20.4. The van der Waals surface area contributed by atoms with E-state index in [1.165, 1.54) is 6.92 Å². The van der Waals surface area contributed by atoms with Crippen molar-refractivity contribution in [1.82, 2.24) is 5.32 Å². The lowest BCUT2D eigenvalue weighted by Gasteiger charge is -2.26. The first-order valence-electron chi connectivity index (χ1n) is 12.9. The molecule has 0 saturated heterocycles. The molecule has 11 nitrogen and oxygen atoms in total. The summed E-state index contributed by atoms with van der Waals surface area (Å²) in [6, 6.07) is 0.228. The highest BCUT2D eigenvalue weighted by Gasteiger charge is 2.20. The molecule has 1 amide bonds. The lowest BCUT2D eigenvalue weighted by Crippen LogP contribution is -2.38. The molecule has 0 aromatic carbocycles. The van der Waals surface area contributed by atoms with Crippen LogP contribution < -0.4 is 5.32 Å². The van der Waals surface area contributed by atoms with Crippen LogP contribution in [-0.4, -0.2) is 103 Å². The first-order valence-corrected chi connectivity index (χ1v) is 12.9. The number of esters is 1. The van der Waals surface area contributed by atoms with Crippen molar-refractivity contribution < 1.29 is 47.5 Å². The van der Waals surface area contributed by atoms with Crippen LogP contribution in [0.4, 0.5) is 4.79 Å². The van der Waals surface area contributed by atoms with Crippen molar-refractivity contribution in [2.45, 2.75) is 58.4 Å². The smallest absolute Gasteiger partial charge is 0.407 e. The maximum absolute atomic E-state index is 11.8. The predicted molar refractivity (Wildman–Crippen MR) is 131 cm³/mol. The van der Waals surface area contributed by atoms with Crippen molar-refractivity contribution in [1.29, 1.82) is 0 Å². The van der Waals surface area contributed by atoms with Gasteiger partial charge in [-0.25, -0.2) is 4.79 Å². The number of ketones is 1. The average molecular weight is 520 g/mol. The van der Waals surface area contributed by atoms with Gasteiger partial charge in [-0.1, -0.05) is 6.92 Å². The summed E-state index contributed by atoms with van der Waals surface area (Å²) in [7, 11) is 0. The molecule has 1 saturated carbocycles. The Balaban J connectivity index is 1.72. The Morgan fingerprint density at radius 3 is 1.47 bits per heavy atom. The number of ether oxygens (including phenoxy) is 7. The van der Waals surface area contributed by atoms with Gasteiger partial charge in [0, 0.05) is 12.5 Å². The third-order valence-electron chi connectivity index (χ3n) is 5.46. The van der Waals surface area contributed by atoms with E-state index in [9.17, 15) is 14.4 Å². The van der Waals surface area contributed by atoms with E-state index in [-0.39, 0.29) is 50.6 Å². The van der Waals surface area contributed by atoms with Crippen molar-refractivity contribution in [3.8, 4) is 0 Å². The van der Waals surface area contributed by atoms with E-state index in [0.29, 0.717) is 59.5 Å². The average Bonchev–Trinajstić information content (AvgIpc) is 2.85. The molecule has 210 valence electrons. The molecule has 0 unspecified atom stereocenters. The number of hydrogen-bond donors (Lipinski definition) is 1. The number of hydrogen-bond acceptors (Lipinski definition) is 10. The van der Waals surface area contributed by atoms with Crippen LogP contribution in [-0.2, 0) is 42.7 Å². The van der Waals surface area contributed by atoms with Gasteiger partial charge in [0.1, 0.15) is 19.0 Å². The van der Waals surface area contributed by atoms with E-state index >= 15 is 0 Å². The first kappa shape index (κ1) is 32.2. The van der Waals surface area contributed by atoms with Crippen molar-refractivity contribution in [3.05, 3.63) is 0 Å². The van der Waals surface area contributed by atoms with Gasteiger partial charge >= 0.3 is 12.1 Å². The minimum absolute atomic E-state index is 0.0355. The molecule has 0 radical (unpaired) electrons. The maximum atomic E-state index is 11.8. The van der Waals surface area contributed by atoms with Crippen LogP contribution in [0.1, 0.15) is 52.4 Å². The second kappa shape index (κ2) is 22.4. The molecule has 1 N–H and O–H groups in total. The molecule has 0 heterocycles. The zero-order valence-electron chi connectivity index (χ0n) is 22.0. The topological polar surface area (TPSA) is 128 Å². The van der Waals surface area contributed by atoms with E-state index < -0.39 is 5.97 Å². The van der Waals surface area contributed by atoms with Crippen molar-refractivity contribution >= 4 is 17.8 Å². The van der Waals surface area contributed by atoms with E-state index in [1.807, 2.05) is 0 Å². The monoisotopic (exact) mass is 519 g/mol. The van der Waals surface area contributed by atoms with E-state index in [1.54, 1.807) is 0 Å². The Morgan fingerprint density at radius 2 is 1.03 bits per heavy atom. The minimum Gasteiger partial charge on any atom is -0.463 e. The van der Waals surface area contributed by atoms with Crippen LogP contribution in [0.15, 0.2) is 0 Å². The largest absolute Gasteiger partial charge is 0.463 e. The van der Waals surface area contributed by atoms with Crippen LogP contribution >= 0.6 is 0 Å². The van der Waals surface area contributed by atoms with Crippen LogP contribution in [0.2, 0.25) is 0 Å². The molecule has 0 aromatic heterocycles. The van der Waals surface area contributed by atoms with Gasteiger partial charge in [0.25, 0.3) is 0 Å². The lowest BCUT2D eigenvalue weighted by atomic mass is 9.87. The summed E-state index contributed by atoms with van der Waals surface area (Å²) in [5.74, 6) is 0.316. The highest BCUT2D eigenvalue weighted by molar-refractivity contribution is 5.80. The fourth-order valence-electron chi connectivity index (χ4n) is 3.35. The molecule has 0 bridgehead atoms. The number of carbonyl (C=O) groups is 3. The molecule has 0 atom stereocenters. The van der Waals surface area contributed by atoms with Crippen LogP contribution in [0.25, 0.3) is 0 Å². The highest BCUT2D eigenvalue weighted by atomic mass is 16.6. The summed E-state index contributed by atoms with van der Waals surface area (Å²) in [6.07, 6.45) is 4.27. The van der Waals surface area contributed by atoms with Crippen LogP contribution in [0.5, 0.6) is 0 Å². The quantitative estimate of drug-likeness (QED) is 0.168. The number of Topliss-reactive ketones (excluding diaryl/α,β-unsaturated/α-hetero) is 1. The second-order valence-electron chi connectivity index (χ2n) is 8.72. The highest BCUT2D eigenvalue weighted by Crippen LogP contribution is 2.23. The Bertz CT molecular complexity index is 581. The fourth-order valence-corrected chi connectivity index (χ4v) is 3.35.